The maximum Gasteiger partial charge on any atom is 0.00932 e. The first-order chi connectivity index (χ1) is 9.70. The smallest absolute Gasteiger partial charge is 0.00932 e. The van der Waals surface area contributed by atoms with Crippen molar-refractivity contribution in [1.29, 1.82) is 0 Å². The lowest BCUT2D eigenvalue weighted by atomic mass is 9.80. The van der Waals surface area contributed by atoms with Gasteiger partial charge in [-0.1, -0.05) is 51.5 Å². The van der Waals surface area contributed by atoms with Crippen molar-refractivity contribution in [2.75, 3.05) is 6.54 Å². The molecule has 1 nitrogen and oxygen atoms in total. The first-order valence-electron chi connectivity index (χ1n) is 8.53. The van der Waals surface area contributed by atoms with Crippen LogP contribution in [-0.2, 0) is 6.42 Å². The lowest BCUT2D eigenvalue weighted by Crippen LogP contribution is -2.34. The molecule has 0 saturated heterocycles. The minimum absolute atomic E-state index is 0.654. The van der Waals surface area contributed by atoms with Gasteiger partial charge in [0.05, 0.1) is 0 Å². The van der Waals surface area contributed by atoms with Crippen LogP contribution in [0.5, 0.6) is 0 Å². The Morgan fingerprint density at radius 3 is 2.35 bits per heavy atom. The molecule has 1 heteroatoms. The number of benzene rings is 1. The van der Waals surface area contributed by atoms with Crippen LogP contribution in [0.4, 0.5) is 0 Å². The number of hydrogen-bond acceptors (Lipinski definition) is 1. The normalized spacial score (nSPS) is 17.2. The van der Waals surface area contributed by atoms with Gasteiger partial charge in [0, 0.05) is 6.04 Å². The highest BCUT2D eigenvalue weighted by molar-refractivity contribution is 5.26. The van der Waals surface area contributed by atoms with Crippen LogP contribution in [0.1, 0.15) is 69.9 Å². The van der Waals surface area contributed by atoms with Crippen molar-refractivity contribution in [3.05, 3.63) is 35.4 Å². The van der Waals surface area contributed by atoms with E-state index in [9.17, 15) is 0 Å². The van der Waals surface area contributed by atoms with E-state index in [1.165, 1.54) is 44.1 Å². The molecule has 1 atom stereocenters. The highest BCUT2D eigenvalue weighted by Gasteiger charge is 2.19. The van der Waals surface area contributed by atoms with E-state index in [-0.39, 0.29) is 0 Å². The Hall–Kier alpha value is -0.820. The zero-order chi connectivity index (χ0) is 14.4. The predicted octanol–water partition coefficient (Wildman–Crippen LogP) is 4.91. The number of aryl methyl sites for hydroxylation is 1. The Morgan fingerprint density at radius 1 is 1.15 bits per heavy atom. The molecule has 0 aromatic heterocycles. The van der Waals surface area contributed by atoms with E-state index in [2.05, 4.69) is 50.4 Å². The van der Waals surface area contributed by atoms with Crippen molar-refractivity contribution >= 4 is 0 Å². The average molecular weight is 273 g/mol. The van der Waals surface area contributed by atoms with E-state index in [0.29, 0.717) is 6.04 Å². The van der Waals surface area contributed by atoms with Crippen molar-refractivity contribution in [3.63, 3.8) is 0 Å². The molecule has 0 radical (unpaired) electrons. The second kappa shape index (κ2) is 7.83. The van der Waals surface area contributed by atoms with Crippen molar-refractivity contribution in [2.24, 2.45) is 5.92 Å². The molecule has 1 aliphatic carbocycles. The van der Waals surface area contributed by atoms with E-state index < -0.39 is 0 Å². The third kappa shape index (κ3) is 4.34. The van der Waals surface area contributed by atoms with Crippen LogP contribution >= 0.6 is 0 Å². The summed E-state index contributed by atoms with van der Waals surface area (Å²) in [6, 6.07) is 10.1. The first-order valence-corrected chi connectivity index (χ1v) is 8.53. The molecule has 20 heavy (non-hydrogen) atoms. The molecule has 0 bridgehead atoms. The third-order valence-corrected chi connectivity index (χ3v) is 4.76. The second-order valence-corrected chi connectivity index (χ2v) is 6.71. The quantitative estimate of drug-likeness (QED) is 0.709. The summed E-state index contributed by atoms with van der Waals surface area (Å²) in [6.45, 7) is 8.03. The highest BCUT2D eigenvalue weighted by Crippen LogP contribution is 2.36. The van der Waals surface area contributed by atoms with Crippen molar-refractivity contribution < 1.29 is 0 Å². The first kappa shape index (κ1) is 15.6. The highest BCUT2D eigenvalue weighted by atomic mass is 14.9. The Balaban J connectivity index is 1.82. The Morgan fingerprint density at radius 2 is 1.85 bits per heavy atom. The fraction of sp³-hybridized carbons (Fsp3) is 0.684. The predicted molar refractivity (Wildman–Crippen MR) is 88.3 cm³/mol. The summed E-state index contributed by atoms with van der Waals surface area (Å²) in [5.41, 5.74) is 3.06. The minimum atomic E-state index is 0.654. The summed E-state index contributed by atoms with van der Waals surface area (Å²) in [5.74, 6) is 1.58. The van der Waals surface area contributed by atoms with Crippen LogP contribution in [0, 0.1) is 5.92 Å². The lowest BCUT2D eigenvalue weighted by Gasteiger charge is -2.26. The SMILES string of the molecule is CCCNC(CCc1ccc(C2CCC2)cc1)C(C)C. The van der Waals surface area contributed by atoms with Crippen LogP contribution < -0.4 is 5.32 Å². The summed E-state index contributed by atoms with van der Waals surface area (Å²) in [5, 5.41) is 3.69. The molecule has 1 N–H and O–H groups in total. The lowest BCUT2D eigenvalue weighted by molar-refractivity contribution is 0.378. The van der Waals surface area contributed by atoms with Gasteiger partial charge in [-0.3, -0.25) is 0 Å². The molecule has 1 aromatic carbocycles. The van der Waals surface area contributed by atoms with Crippen molar-refractivity contribution in [3.8, 4) is 0 Å². The largest absolute Gasteiger partial charge is 0.314 e. The van der Waals surface area contributed by atoms with Gasteiger partial charge in [-0.15, -0.1) is 0 Å². The van der Waals surface area contributed by atoms with Crippen LogP contribution in [0.3, 0.4) is 0 Å². The van der Waals surface area contributed by atoms with Gasteiger partial charge >= 0.3 is 0 Å². The molecule has 2 rings (SSSR count). The molecule has 1 unspecified atom stereocenters. The Labute approximate surface area is 125 Å². The van der Waals surface area contributed by atoms with Gasteiger partial charge in [-0.05, 0) is 61.6 Å². The average Bonchev–Trinajstić information content (AvgIpc) is 2.38. The zero-order valence-corrected chi connectivity index (χ0v) is 13.5. The van der Waals surface area contributed by atoms with E-state index in [1.807, 2.05) is 0 Å². The molecule has 1 aromatic rings. The molecule has 1 saturated carbocycles. The van der Waals surface area contributed by atoms with Crippen LogP contribution in [0.15, 0.2) is 24.3 Å². The number of hydrogen-bond donors (Lipinski definition) is 1. The molecule has 112 valence electrons. The summed E-state index contributed by atoms with van der Waals surface area (Å²) in [4.78, 5) is 0. The molecule has 1 fully saturated rings. The fourth-order valence-corrected chi connectivity index (χ4v) is 3.02. The molecule has 1 aliphatic rings. The standard InChI is InChI=1S/C19H31N/c1-4-14-20-19(15(2)3)13-10-16-8-11-18(12-9-16)17-6-5-7-17/h8-9,11-12,15,17,19-20H,4-7,10,13-14H2,1-3H3. The van der Waals surface area contributed by atoms with Gasteiger partial charge < -0.3 is 5.32 Å². The summed E-state index contributed by atoms with van der Waals surface area (Å²) in [7, 11) is 0. The van der Waals surface area contributed by atoms with Gasteiger partial charge in [0.25, 0.3) is 0 Å². The van der Waals surface area contributed by atoms with Crippen LogP contribution in [0.25, 0.3) is 0 Å². The van der Waals surface area contributed by atoms with Gasteiger partial charge in [0.15, 0.2) is 0 Å². The molecule has 0 aliphatic heterocycles. The second-order valence-electron chi connectivity index (χ2n) is 6.71. The van der Waals surface area contributed by atoms with Gasteiger partial charge in [-0.25, -0.2) is 0 Å². The Bertz CT molecular complexity index is 375. The number of nitrogens with one attached hydrogen (secondary N) is 1. The van der Waals surface area contributed by atoms with E-state index in [1.54, 1.807) is 5.56 Å². The van der Waals surface area contributed by atoms with Crippen LogP contribution in [0.2, 0.25) is 0 Å². The van der Waals surface area contributed by atoms with Gasteiger partial charge in [-0.2, -0.15) is 0 Å². The number of rotatable bonds is 8. The topological polar surface area (TPSA) is 12.0 Å². The maximum absolute atomic E-state index is 3.69. The third-order valence-electron chi connectivity index (χ3n) is 4.76. The van der Waals surface area contributed by atoms with Gasteiger partial charge in [0.2, 0.25) is 0 Å². The fourth-order valence-electron chi connectivity index (χ4n) is 3.02. The molecule has 0 spiro atoms. The van der Waals surface area contributed by atoms with Crippen LogP contribution in [-0.4, -0.2) is 12.6 Å². The van der Waals surface area contributed by atoms with E-state index in [4.69, 9.17) is 0 Å². The monoisotopic (exact) mass is 273 g/mol. The summed E-state index contributed by atoms with van der Waals surface area (Å²) < 4.78 is 0. The summed E-state index contributed by atoms with van der Waals surface area (Å²) >= 11 is 0. The molecular weight excluding hydrogens is 242 g/mol. The van der Waals surface area contributed by atoms with Crippen molar-refractivity contribution in [2.45, 2.75) is 71.3 Å². The minimum Gasteiger partial charge on any atom is -0.314 e. The molecule has 0 amide bonds. The summed E-state index contributed by atoms with van der Waals surface area (Å²) in [6.07, 6.45) is 7.89. The van der Waals surface area contributed by atoms with E-state index in [0.717, 1.165) is 18.4 Å². The van der Waals surface area contributed by atoms with Gasteiger partial charge in [0.1, 0.15) is 0 Å². The maximum atomic E-state index is 3.69. The zero-order valence-electron chi connectivity index (χ0n) is 13.5. The van der Waals surface area contributed by atoms with Crippen molar-refractivity contribution in [1.82, 2.24) is 5.32 Å². The molecular formula is C19H31N. The molecule has 0 heterocycles. The van der Waals surface area contributed by atoms with E-state index >= 15 is 0 Å². The Kier molecular flexibility index (Phi) is 6.09.